The van der Waals surface area contributed by atoms with E-state index in [1.54, 1.807) is 24.3 Å². The van der Waals surface area contributed by atoms with Gasteiger partial charge in [0.2, 0.25) is 0 Å². The van der Waals surface area contributed by atoms with E-state index < -0.39 is 34.0 Å². The predicted octanol–water partition coefficient (Wildman–Crippen LogP) is 3.72. The van der Waals surface area contributed by atoms with Gasteiger partial charge in [0, 0.05) is 10.0 Å². The van der Waals surface area contributed by atoms with Crippen LogP contribution in [0.25, 0.3) is 0 Å². The first-order valence-corrected chi connectivity index (χ1v) is 7.71. The average molecular weight is 359 g/mol. The van der Waals surface area contributed by atoms with Gasteiger partial charge in [-0.3, -0.25) is 9.00 Å². The number of carbonyl (C=O) groups is 1. The Balaban J connectivity index is 2.19. The fraction of sp³-hybridized carbons (Fsp3) is 0.0714. The van der Waals surface area contributed by atoms with Crippen molar-refractivity contribution in [1.82, 2.24) is 0 Å². The van der Waals surface area contributed by atoms with Crippen molar-refractivity contribution in [2.45, 2.75) is 4.90 Å². The zero-order valence-corrected chi connectivity index (χ0v) is 12.5. The Morgan fingerprint density at radius 1 is 1.15 bits per heavy atom. The molecule has 0 fully saturated rings. The molecule has 2 nitrogen and oxygen atoms in total. The monoisotopic (exact) mass is 358 g/mol. The highest BCUT2D eigenvalue weighted by atomic mass is 79.9. The summed E-state index contributed by atoms with van der Waals surface area (Å²) in [6.07, 6.45) is 0. The summed E-state index contributed by atoms with van der Waals surface area (Å²) >= 11 is 3.23. The van der Waals surface area contributed by atoms with Gasteiger partial charge in [-0.1, -0.05) is 28.1 Å². The van der Waals surface area contributed by atoms with Crippen molar-refractivity contribution < 1.29 is 17.8 Å². The third-order valence-electron chi connectivity index (χ3n) is 2.55. The molecule has 2 aromatic carbocycles. The zero-order valence-electron chi connectivity index (χ0n) is 10.1. The Labute approximate surface area is 125 Å². The first kappa shape index (κ1) is 15.0. The lowest BCUT2D eigenvalue weighted by atomic mass is 10.2. The third kappa shape index (κ3) is 3.58. The minimum absolute atomic E-state index is 0.298. The highest BCUT2D eigenvalue weighted by Crippen LogP contribution is 2.17. The van der Waals surface area contributed by atoms with Crippen LogP contribution in [0.4, 0.5) is 8.78 Å². The van der Waals surface area contributed by atoms with Gasteiger partial charge in [0.05, 0.1) is 21.4 Å². The molecule has 0 bridgehead atoms. The Hall–Kier alpha value is -1.40. The number of Topliss-reactive ketones (excluding diaryl/α,β-unsaturated/α-hetero) is 1. The summed E-state index contributed by atoms with van der Waals surface area (Å²) in [4.78, 5) is 11.6. The lowest BCUT2D eigenvalue weighted by molar-refractivity contribution is 0.102. The largest absolute Gasteiger partial charge is 0.293 e. The number of carbonyl (C=O) groups excluding carboxylic acids is 1. The average Bonchev–Trinajstić information content (AvgIpc) is 2.41. The van der Waals surface area contributed by atoms with Gasteiger partial charge in [-0.2, -0.15) is 0 Å². The van der Waals surface area contributed by atoms with Gasteiger partial charge in [0.25, 0.3) is 0 Å². The van der Waals surface area contributed by atoms with Gasteiger partial charge in [-0.05, 0) is 30.3 Å². The Morgan fingerprint density at radius 2 is 1.90 bits per heavy atom. The summed E-state index contributed by atoms with van der Waals surface area (Å²) in [5.41, 5.74) is 0.365. The Kier molecular flexibility index (Phi) is 4.77. The number of halogens is 3. The van der Waals surface area contributed by atoms with Gasteiger partial charge < -0.3 is 0 Å². The molecule has 1 unspecified atom stereocenters. The van der Waals surface area contributed by atoms with Gasteiger partial charge >= 0.3 is 0 Å². The zero-order chi connectivity index (χ0) is 14.7. The topological polar surface area (TPSA) is 34.1 Å². The standard InChI is InChI=1S/C14H9BrF2O2S/c15-10-3-1-2-9(6-10)13(18)8-20(19)14-7-11(16)4-5-12(14)17/h1-7H,8H2. The van der Waals surface area contributed by atoms with Crippen molar-refractivity contribution in [3.63, 3.8) is 0 Å². The van der Waals surface area contributed by atoms with Crippen LogP contribution in [0.15, 0.2) is 51.8 Å². The first-order valence-electron chi connectivity index (χ1n) is 5.59. The fourth-order valence-electron chi connectivity index (χ4n) is 1.59. The van der Waals surface area contributed by atoms with Crippen molar-refractivity contribution in [2.24, 2.45) is 0 Å². The van der Waals surface area contributed by atoms with Crippen LogP contribution in [0, 0.1) is 11.6 Å². The molecule has 0 aliphatic carbocycles. The van der Waals surface area contributed by atoms with Crippen LogP contribution >= 0.6 is 15.9 Å². The lowest BCUT2D eigenvalue weighted by Crippen LogP contribution is -2.12. The molecule has 0 radical (unpaired) electrons. The van der Waals surface area contributed by atoms with Crippen molar-refractivity contribution in [1.29, 1.82) is 0 Å². The van der Waals surface area contributed by atoms with E-state index in [4.69, 9.17) is 0 Å². The van der Waals surface area contributed by atoms with Gasteiger partial charge in [0.15, 0.2) is 5.78 Å². The second-order valence-electron chi connectivity index (χ2n) is 4.00. The molecule has 0 amide bonds. The SMILES string of the molecule is O=C(CS(=O)c1cc(F)ccc1F)c1cccc(Br)c1. The molecule has 0 spiro atoms. The molecule has 0 saturated heterocycles. The first-order chi connectivity index (χ1) is 9.47. The highest BCUT2D eigenvalue weighted by molar-refractivity contribution is 9.10. The quantitative estimate of drug-likeness (QED) is 0.780. The smallest absolute Gasteiger partial charge is 0.175 e. The van der Waals surface area contributed by atoms with E-state index in [2.05, 4.69) is 15.9 Å². The van der Waals surface area contributed by atoms with E-state index in [0.717, 1.165) is 18.2 Å². The molecule has 0 aliphatic rings. The van der Waals surface area contributed by atoms with E-state index >= 15 is 0 Å². The van der Waals surface area contributed by atoms with Crippen LogP contribution in [0.5, 0.6) is 0 Å². The van der Waals surface area contributed by atoms with Crippen LogP contribution in [-0.2, 0) is 10.8 Å². The van der Waals surface area contributed by atoms with Crippen LogP contribution in [0.3, 0.4) is 0 Å². The van der Waals surface area contributed by atoms with Crippen LogP contribution in [0.2, 0.25) is 0 Å². The molecule has 0 aromatic heterocycles. The lowest BCUT2D eigenvalue weighted by Gasteiger charge is -2.04. The van der Waals surface area contributed by atoms with Gasteiger partial charge in [-0.25, -0.2) is 8.78 Å². The van der Waals surface area contributed by atoms with E-state index in [9.17, 15) is 17.8 Å². The normalized spacial score (nSPS) is 12.2. The van der Waals surface area contributed by atoms with Crippen LogP contribution in [0.1, 0.15) is 10.4 Å². The summed E-state index contributed by atoms with van der Waals surface area (Å²) in [5, 5.41) is 0. The van der Waals surface area contributed by atoms with E-state index in [1.165, 1.54) is 0 Å². The maximum atomic E-state index is 13.5. The summed E-state index contributed by atoms with van der Waals surface area (Å²) in [6.45, 7) is 0. The van der Waals surface area contributed by atoms with E-state index in [1.807, 2.05) is 0 Å². The molecule has 0 aliphatic heterocycles. The molecular formula is C14H9BrF2O2S. The number of hydrogen-bond donors (Lipinski definition) is 0. The summed E-state index contributed by atoms with van der Waals surface area (Å²) < 4.78 is 39.2. The number of benzene rings is 2. The molecular weight excluding hydrogens is 350 g/mol. The Morgan fingerprint density at radius 3 is 2.60 bits per heavy atom. The van der Waals surface area contributed by atoms with Crippen molar-refractivity contribution in [3.05, 3.63) is 64.1 Å². The van der Waals surface area contributed by atoms with E-state index in [-0.39, 0.29) is 4.90 Å². The fourth-order valence-corrected chi connectivity index (χ4v) is 3.08. The summed E-state index contributed by atoms with van der Waals surface area (Å²) in [5.74, 6) is -2.26. The Bertz CT molecular complexity index is 689. The number of hydrogen-bond acceptors (Lipinski definition) is 2. The van der Waals surface area contributed by atoms with Gasteiger partial charge in [-0.15, -0.1) is 0 Å². The highest BCUT2D eigenvalue weighted by Gasteiger charge is 2.16. The maximum Gasteiger partial charge on any atom is 0.175 e. The molecule has 1 atom stereocenters. The molecule has 0 saturated carbocycles. The molecule has 0 heterocycles. The minimum atomic E-state index is -1.92. The second kappa shape index (κ2) is 6.37. The van der Waals surface area contributed by atoms with Crippen molar-refractivity contribution in [2.75, 3.05) is 5.75 Å². The van der Waals surface area contributed by atoms with E-state index in [0.29, 0.717) is 10.0 Å². The van der Waals surface area contributed by atoms with Crippen molar-refractivity contribution >= 4 is 32.5 Å². The van der Waals surface area contributed by atoms with Crippen LogP contribution in [-0.4, -0.2) is 15.7 Å². The maximum absolute atomic E-state index is 13.5. The molecule has 20 heavy (non-hydrogen) atoms. The third-order valence-corrected chi connectivity index (χ3v) is 4.37. The van der Waals surface area contributed by atoms with Crippen molar-refractivity contribution in [3.8, 4) is 0 Å². The van der Waals surface area contributed by atoms with Crippen LogP contribution < -0.4 is 0 Å². The molecule has 2 rings (SSSR count). The second-order valence-corrected chi connectivity index (χ2v) is 6.33. The summed E-state index contributed by atoms with van der Waals surface area (Å²) in [7, 11) is -1.92. The molecule has 2 aromatic rings. The van der Waals surface area contributed by atoms with Gasteiger partial charge in [0.1, 0.15) is 11.6 Å². The minimum Gasteiger partial charge on any atom is -0.293 e. The number of rotatable bonds is 4. The predicted molar refractivity (Wildman–Crippen MR) is 76.1 cm³/mol. The number of ketones is 1. The summed E-state index contributed by atoms with van der Waals surface area (Å²) in [6, 6.07) is 9.26. The molecule has 0 N–H and O–H groups in total. The molecule has 104 valence electrons. The molecule has 6 heteroatoms.